The Morgan fingerprint density at radius 3 is 2.87 bits per heavy atom. The van der Waals surface area contributed by atoms with Crippen molar-refractivity contribution in [2.75, 3.05) is 20.1 Å². The van der Waals surface area contributed by atoms with Crippen molar-refractivity contribution >= 4 is 0 Å². The van der Waals surface area contributed by atoms with Crippen molar-refractivity contribution in [1.82, 2.24) is 8.43 Å². The van der Waals surface area contributed by atoms with Gasteiger partial charge < -0.3 is 0 Å². The first-order valence-corrected chi connectivity index (χ1v) is 7.75. The van der Waals surface area contributed by atoms with Crippen molar-refractivity contribution in [3.8, 4) is 0 Å². The van der Waals surface area contributed by atoms with E-state index in [4.69, 9.17) is 0 Å². The third kappa shape index (κ3) is 3.74. The molecule has 0 radical (unpaired) electrons. The van der Waals surface area contributed by atoms with Crippen molar-refractivity contribution < 1.29 is 21.5 Å². The Morgan fingerprint density at radius 2 is 2.20 bits per heavy atom. The molecule has 1 aromatic rings. The van der Waals surface area contributed by atoms with Crippen molar-refractivity contribution in [1.29, 1.82) is 0 Å². The quantitative estimate of drug-likeness (QED) is 0.412. The Morgan fingerprint density at radius 1 is 1.40 bits per heavy atom. The van der Waals surface area contributed by atoms with Crippen LogP contribution in [0.4, 0.5) is 0 Å². The van der Waals surface area contributed by atoms with E-state index in [-0.39, 0.29) is 21.5 Å². The molecule has 1 aliphatic rings. The van der Waals surface area contributed by atoms with Crippen LogP contribution < -0.4 is 25.0 Å². The Kier molecular flexibility index (Phi) is 4.41. The van der Waals surface area contributed by atoms with E-state index in [2.05, 4.69) is 45.8 Å². The summed E-state index contributed by atoms with van der Waals surface area (Å²) in [5.74, 6) is 0. The fraction of sp³-hybridized carbons (Fsp3) is 0.500. The molecule has 1 atom stereocenters. The van der Waals surface area contributed by atoms with E-state index in [1.165, 1.54) is 25.1 Å². The van der Waals surface area contributed by atoms with Gasteiger partial charge in [0.05, 0.1) is 0 Å². The molecule has 15 heavy (non-hydrogen) atoms. The number of benzene rings is 1. The first-order valence-electron chi connectivity index (χ1n) is 5.42. The van der Waals surface area contributed by atoms with E-state index >= 15 is 0 Å². The van der Waals surface area contributed by atoms with E-state index in [9.17, 15) is 0 Å². The maximum absolute atomic E-state index is 3.65. The van der Waals surface area contributed by atoms with Gasteiger partial charge in [-0.15, -0.1) is 0 Å². The Balaban J connectivity index is 1.67. The van der Waals surface area contributed by atoms with Gasteiger partial charge in [-0.25, -0.2) is 0 Å². The zero-order valence-electron chi connectivity index (χ0n) is 9.12. The molecular formula is C12H18IN2-. The van der Waals surface area contributed by atoms with Crippen molar-refractivity contribution in [3.05, 3.63) is 35.9 Å². The van der Waals surface area contributed by atoms with Gasteiger partial charge in [-0.1, -0.05) is 0 Å². The average molecular weight is 317 g/mol. The molecule has 3 heteroatoms. The number of alkyl halides is 1. The van der Waals surface area contributed by atoms with E-state index in [1.54, 1.807) is 0 Å². The zero-order valence-corrected chi connectivity index (χ0v) is 11.3. The number of halogens is 1. The summed E-state index contributed by atoms with van der Waals surface area (Å²) in [4.78, 5) is 2.44. The molecule has 84 valence electrons. The second kappa shape index (κ2) is 5.82. The number of rotatable bonds is 4. The van der Waals surface area contributed by atoms with Gasteiger partial charge in [-0.3, -0.25) is 0 Å². The second-order valence-electron chi connectivity index (χ2n) is 4.05. The van der Waals surface area contributed by atoms with Gasteiger partial charge in [0.2, 0.25) is 0 Å². The van der Waals surface area contributed by atoms with Crippen molar-refractivity contribution in [3.63, 3.8) is 0 Å². The number of hydrogen-bond acceptors (Lipinski definition) is 2. The standard InChI is InChI=1S/C12H18IN2/c1-15-8-7-12(10-15)13-14-9-11-5-3-2-4-6-11/h2-6,12,14H,7-10H2,1H3/q-1. The predicted molar refractivity (Wildman–Crippen MR) is 59.2 cm³/mol. The number of nitrogens with zero attached hydrogens (tertiary/aromatic N) is 1. The van der Waals surface area contributed by atoms with Crippen molar-refractivity contribution in [2.45, 2.75) is 16.9 Å². The SMILES string of the molecule is CN1CCC([I-]NCc2ccccc2)C1. The molecule has 0 spiro atoms. The summed E-state index contributed by atoms with van der Waals surface area (Å²) in [6.07, 6.45) is 1.39. The molecule has 1 N–H and O–H groups in total. The van der Waals surface area contributed by atoms with Gasteiger partial charge in [-0.05, 0) is 0 Å². The van der Waals surface area contributed by atoms with Crippen LogP contribution in [0.25, 0.3) is 0 Å². The van der Waals surface area contributed by atoms with E-state index in [1.807, 2.05) is 0 Å². The van der Waals surface area contributed by atoms with Crippen LogP contribution >= 0.6 is 0 Å². The van der Waals surface area contributed by atoms with Gasteiger partial charge in [0.25, 0.3) is 0 Å². The van der Waals surface area contributed by atoms with E-state index < -0.39 is 0 Å². The molecule has 0 amide bonds. The molecule has 2 nitrogen and oxygen atoms in total. The summed E-state index contributed by atoms with van der Waals surface area (Å²) in [7, 11) is 2.22. The molecule has 1 saturated heterocycles. The van der Waals surface area contributed by atoms with Crippen LogP contribution in [-0.2, 0) is 6.54 Å². The number of likely N-dealkylation sites (tertiary alicyclic amines) is 1. The van der Waals surface area contributed by atoms with Gasteiger partial charge >= 0.3 is 103 Å². The summed E-state index contributed by atoms with van der Waals surface area (Å²) < 4.78 is 4.60. The molecule has 1 aromatic carbocycles. The van der Waals surface area contributed by atoms with Crippen LogP contribution in [0.15, 0.2) is 30.3 Å². The zero-order chi connectivity index (χ0) is 10.5. The minimum atomic E-state index is 0.177. The van der Waals surface area contributed by atoms with Gasteiger partial charge in [0.15, 0.2) is 0 Å². The van der Waals surface area contributed by atoms with E-state index in [0.717, 1.165) is 10.5 Å². The van der Waals surface area contributed by atoms with Gasteiger partial charge in [-0.2, -0.15) is 0 Å². The third-order valence-electron chi connectivity index (χ3n) is 2.68. The molecule has 0 aromatic heterocycles. The maximum atomic E-state index is 3.65. The first kappa shape index (κ1) is 11.4. The molecule has 1 unspecified atom stereocenters. The van der Waals surface area contributed by atoms with Crippen molar-refractivity contribution in [2.24, 2.45) is 0 Å². The summed E-state index contributed by atoms with van der Waals surface area (Å²) >= 11 is 0.177. The summed E-state index contributed by atoms with van der Waals surface area (Å²) in [5.41, 5.74) is 1.41. The number of nitrogens with one attached hydrogen (secondary N) is 1. The fourth-order valence-corrected chi connectivity index (χ4v) is 4.53. The fourth-order valence-electron chi connectivity index (χ4n) is 1.79. The molecule has 0 bridgehead atoms. The van der Waals surface area contributed by atoms with Gasteiger partial charge in [0.1, 0.15) is 0 Å². The van der Waals surface area contributed by atoms with Crippen LogP contribution in [0, 0.1) is 0 Å². The van der Waals surface area contributed by atoms with Crippen LogP contribution in [0.5, 0.6) is 0 Å². The van der Waals surface area contributed by atoms with E-state index in [0.29, 0.717) is 0 Å². The van der Waals surface area contributed by atoms with Crippen LogP contribution in [-0.4, -0.2) is 29.0 Å². The predicted octanol–water partition coefficient (Wildman–Crippen LogP) is -1.52. The molecule has 1 aliphatic heterocycles. The van der Waals surface area contributed by atoms with Crippen LogP contribution in [0.1, 0.15) is 12.0 Å². The minimum absolute atomic E-state index is 0.177. The Labute approximate surface area is 103 Å². The molecule has 2 rings (SSSR count). The molecule has 1 heterocycles. The molecule has 0 aliphatic carbocycles. The summed E-state index contributed by atoms with van der Waals surface area (Å²) in [6.45, 7) is 3.64. The third-order valence-corrected chi connectivity index (χ3v) is 5.40. The molecular weight excluding hydrogens is 299 g/mol. The molecule has 0 saturated carbocycles. The summed E-state index contributed by atoms with van der Waals surface area (Å²) in [6, 6.07) is 10.7. The van der Waals surface area contributed by atoms with Gasteiger partial charge in [0, 0.05) is 0 Å². The number of hydrogen-bond donors (Lipinski definition) is 1. The normalized spacial score (nSPS) is 22.3. The Hall–Kier alpha value is -0.130. The first-order chi connectivity index (χ1) is 7.34. The topological polar surface area (TPSA) is 15.3 Å². The second-order valence-corrected chi connectivity index (χ2v) is 7.20. The monoisotopic (exact) mass is 317 g/mol. The van der Waals surface area contributed by atoms with Crippen LogP contribution in [0.2, 0.25) is 0 Å². The average Bonchev–Trinajstić information content (AvgIpc) is 2.66. The Bertz CT molecular complexity index is 289. The summed E-state index contributed by atoms with van der Waals surface area (Å²) in [5, 5.41) is 0. The molecule has 1 fully saturated rings. The van der Waals surface area contributed by atoms with Crippen LogP contribution in [0.3, 0.4) is 0 Å².